The summed E-state index contributed by atoms with van der Waals surface area (Å²) in [5.41, 5.74) is 1.47. The van der Waals surface area contributed by atoms with E-state index in [0.29, 0.717) is 11.4 Å². The quantitative estimate of drug-likeness (QED) is 0.640. The molecule has 1 aromatic heterocycles. The number of para-hydroxylation sites is 1. The standard InChI is InChI=1S/C14H13N3/c1-2-3-8-16-14-12(10-15)9-11-6-4-5-7-13(11)17-14/h2,4-7,9H,1,3,8H2,(H,16,17). The van der Waals surface area contributed by atoms with Gasteiger partial charge in [-0.2, -0.15) is 5.26 Å². The third-order valence-corrected chi connectivity index (χ3v) is 2.49. The number of anilines is 1. The van der Waals surface area contributed by atoms with E-state index in [-0.39, 0.29) is 0 Å². The fourth-order valence-corrected chi connectivity index (χ4v) is 1.63. The molecule has 3 nitrogen and oxygen atoms in total. The third kappa shape index (κ3) is 2.43. The summed E-state index contributed by atoms with van der Waals surface area (Å²) in [6, 6.07) is 11.8. The van der Waals surface area contributed by atoms with Crippen molar-refractivity contribution in [2.24, 2.45) is 0 Å². The van der Waals surface area contributed by atoms with Gasteiger partial charge in [0.25, 0.3) is 0 Å². The lowest BCUT2D eigenvalue weighted by Crippen LogP contribution is -2.04. The zero-order chi connectivity index (χ0) is 12.1. The van der Waals surface area contributed by atoms with Gasteiger partial charge in [-0.1, -0.05) is 24.3 Å². The number of nitrogens with zero attached hydrogens (tertiary/aromatic N) is 2. The molecule has 0 amide bonds. The van der Waals surface area contributed by atoms with E-state index in [1.54, 1.807) is 0 Å². The van der Waals surface area contributed by atoms with Crippen LogP contribution in [0.1, 0.15) is 12.0 Å². The highest BCUT2D eigenvalue weighted by Crippen LogP contribution is 2.19. The van der Waals surface area contributed by atoms with E-state index in [2.05, 4.69) is 22.9 Å². The molecular formula is C14H13N3. The topological polar surface area (TPSA) is 48.7 Å². The first-order valence-corrected chi connectivity index (χ1v) is 5.50. The number of fused-ring (bicyclic) bond motifs is 1. The Morgan fingerprint density at radius 1 is 1.41 bits per heavy atom. The van der Waals surface area contributed by atoms with Crippen LogP contribution in [0.15, 0.2) is 43.0 Å². The third-order valence-electron chi connectivity index (χ3n) is 2.49. The van der Waals surface area contributed by atoms with E-state index in [1.807, 2.05) is 36.4 Å². The molecule has 0 aliphatic rings. The SMILES string of the molecule is C=CCCNc1nc2ccccc2cc1C#N. The first-order valence-electron chi connectivity index (χ1n) is 5.50. The average Bonchev–Trinajstić information content (AvgIpc) is 2.38. The second-order valence-corrected chi connectivity index (χ2v) is 3.69. The van der Waals surface area contributed by atoms with Crippen LogP contribution in [0.25, 0.3) is 10.9 Å². The van der Waals surface area contributed by atoms with E-state index < -0.39 is 0 Å². The first kappa shape index (κ1) is 11.2. The van der Waals surface area contributed by atoms with E-state index in [9.17, 15) is 0 Å². The molecule has 17 heavy (non-hydrogen) atoms. The molecule has 0 aliphatic carbocycles. The van der Waals surface area contributed by atoms with Gasteiger partial charge in [-0.15, -0.1) is 6.58 Å². The summed E-state index contributed by atoms with van der Waals surface area (Å²) >= 11 is 0. The van der Waals surface area contributed by atoms with Crippen molar-refractivity contribution in [1.82, 2.24) is 4.98 Å². The molecule has 84 valence electrons. The average molecular weight is 223 g/mol. The Labute approximate surface area is 100 Å². The lowest BCUT2D eigenvalue weighted by Gasteiger charge is -2.07. The Bertz CT molecular complexity index is 582. The van der Waals surface area contributed by atoms with Gasteiger partial charge in [0, 0.05) is 11.9 Å². The van der Waals surface area contributed by atoms with Gasteiger partial charge in [0.2, 0.25) is 0 Å². The van der Waals surface area contributed by atoms with Crippen molar-refractivity contribution in [2.45, 2.75) is 6.42 Å². The Morgan fingerprint density at radius 3 is 3.00 bits per heavy atom. The van der Waals surface area contributed by atoms with Crippen molar-refractivity contribution in [3.8, 4) is 6.07 Å². The monoisotopic (exact) mass is 223 g/mol. The van der Waals surface area contributed by atoms with Gasteiger partial charge in [-0.3, -0.25) is 0 Å². The van der Waals surface area contributed by atoms with Crippen molar-refractivity contribution in [1.29, 1.82) is 5.26 Å². The van der Waals surface area contributed by atoms with Gasteiger partial charge >= 0.3 is 0 Å². The summed E-state index contributed by atoms with van der Waals surface area (Å²) in [6.07, 6.45) is 2.68. The van der Waals surface area contributed by atoms with Gasteiger partial charge < -0.3 is 5.32 Å². The van der Waals surface area contributed by atoms with Gasteiger partial charge in [0.05, 0.1) is 11.1 Å². The van der Waals surface area contributed by atoms with Crippen LogP contribution < -0.4 is 5.32 Å². The van der Waals surface area contributed by atoms with E-state index in [0.717, 1.165) is 23.9 Å². The number of hydrogen-bond donors (Lipinski definition) is 1. The van der Waals surface area contributed by atoms with Gasteiger partial charge in [0.1, 0.15) is 11.9 Å². The molecule has 0 saturated heterocycles. The Kier molecular flexibility index (Phi) is 3.37. The Morgan fingerprint density at radius 2 is 2.24 bits per heavy atom. The fourth-order valence-electron chi connectivity index (χ4n) is 1.63. The van der Waals surface area contributed by atoms with Crippen molar-refractivity contribution >= 4 is 16.7 Å². The highest BCUT2D eigenvalue weighted by molar-refractivity contribution is 5.82. The van der Waals surface area contributed by atoms with Crippen molar-refractivity contribution < 1.29 is 0 Å². The van der Waals surface area contributed by atoms with Gasteiger partial charge in [0.15, 0.2) is 0 Å². The summed E-state index contributed by atoms with van der Waals surface area (Å²) in [4.78, 5) is 4.45. The summed E-state index contributed by atoms with van der Waals surface area (Å²) < 4.78 is 0. The molecule has 0 radical (unpaired) electrons. The fraction of sp³-hybridized carbons (Fsp3) is 0.143. The lowest BCUT2D eigenvalue weighted by atomic mass is 10.1. The Balaban J connectivity index is 2.39. The molecule has 0 bridgehead atoms. The molecule has 0 saturated carbocycles. The van der Waals surface area contributed by atoms with Crippen LogP contribution in [-0.4, -0.2) is 11.5 Å². The largest absolute Gasteiger partial charge is 0.369 e. The smallest absolute Gasteiger partial charge is 0.144 e. The second kappa shape index (κ2) is 5.13. The minimum Gasteiger partial charge on any atom is -0.369 e. The Hall–Kier alpha value is -2.34. The molecule has 0 spiro atoms. The zero-order valence-electron chi connectivity index (χ0n) is 9.48. The van der Waals surface area contributed by atoms with Gasteiger partial charge in [-0.25, -0.2) is 4.98 Å². The number of hydrogen-bond acceptors (Lipinski definition) is 3. The predicted octanol–water partition coefficient (Wildman–Crippen LogP) is 3.09. The second-order valence-electron chi connectivity index (χ2n) is 3.69. The highest BCUT2D eigenvalue weighted by Gasteiger charge is 2.05. The van der Waals surface area contributed by atoms with Crippen LogP contribution in [0.5, 0.6) is 0 Å². The van der Waals surface area contributed by atoms with E-state index >= 15 is 0 Å². The summed E-state index contributed by atoms with van der Waals surface area (Å²) in [5.74, 6) is 0.646. The summed E-state index contributed by atoms with van der Waals surface area (Å²) in [6.45, 7) is 4.40. The number of aromatic nitrogens is 1. The molecule has 2 aromatic rings. The normalized spacial score (nSPS) is 9.82. The number of nitrogens with one attached hydrogen (secondary N) is 1. The van der Waals surface area contributed by atoms with Crippen LogP contribution >= 0.6 is 0 Å². The summed E-state index contributed by atoms with van der Waals surface area (Å²) in [7, 11) is 0. The maximum atomic E-state index is 9.08. The van der Waals surface area contributed by atoms with Crippen LogP contribution in [0.3, 0.4) is 0 Å². The molecule has 1 heterocycles. The molecule has 1 aromatic carbocycles. The molecular weight excluding hydrogens is 210 g/mol. The molecule has 0 aliphatic heterocycles. The minimum atomic E-state index is 0.577. The minimum absolute atomic E-state index is 0.577. The van der Waals surface area contributed by atoms with Crippen molar-refractivity contribution in [3.63, 3.8) is 0 Å². The maximum absolute atomic E-state index is 9.08. The predicted molar refractivity (Wildman–Crippen MR) is 69.8 cm³/mol. The summed E-state index contributed by atoms with van der Waals surface area (Å²) in [5, 5.41) is 13.2. The van der Waals surface area contributed by atoms with Crippen molar-refractivity contribution in [2.75, 3.05) is 11.9 Å². The number of rotatable bonds is 4. The highest BCUT2D eigenvalue weighted by atomic mass is 15.0. The molecule has 1 N–H and O–H groups in total. The van der Waals surface area contributed by atoms with Crippen LogP contribution in [-0.2, 0) is 0 Å². The lowest BCUT2D eigenvalue weighted by molar-refractivity contribution is 1.05. The zero-order valence-corrected chi connectivity index (χ0v) is 9.48. The molecule has 2 rings (SSSR count). The van der Waals surface area contributed by atoms with Crippen LogP contribution in [0, 0.1) is 11.3 Å². The first-order chi connectivity index (χ1) is 8.35. The molecule has 0 fully saturated rings. The van der Waals surface area contributed by atoms with Crippen molar-refractivity contribution in [3.05, 3.63) is 48.6 Å². The number of pyridine rings is 1. The molecule has 3 heteroatoms. The maximum Gasteiger partial charge on any atom is 0.144 e. The molecule has 0 atom stereocenters. The molecule has 0 unspecified atom stereocenters. The number of benzene rings is 1. The van der Waals surface area contributed by atoms with Gasteiger partial charge in [-0.05, 0) is 18.6 Å². The van der Waals surface area contributed by atoms with E-state index in [4.69, 9.17) is 5.26 Å². The van der Waals surface area contributed by atoms with Crippen LogP contribution in [0.4, 0.5) is 5.82 Å². The number of nitriles is 1. The van der Waals surface area contributed by atoms with E-state index in [1.165, 1.54) is 0 Å². The van der Waals surface area contributed by atoms with Crippen LogP contribution in [0.2, 0.25) is 0 Å².